The maximum atomic E-state index is 12.9. The first kappa shape index (κ1) is 79.8. The highest BCUT2D eigenvalue weighted by molar-refractivity contribution is 5.70. The molecule has 9 heteroatoms. The molecule has 0 saturated heterocycles. The van der Waals surface area contributed by atoms with E-state index in [9.17, 15) is 19.5 Å². The summed E-state index contributed by atoms with van der Waals surface area (Å²) in [5, 5.41) is 11.8. The number of aliphatic carboxylic acids is 1. The molecule has 2 atom stereocenters. The van der Waals surface area contributed by atoms with Crippen molar-refractivity contribution in [3.05, 3.63) is 24.3 Å². The van der Waals surface area contributed by atoms with E-state index in [4.69, 9.17) is 18.9 Å². The van der Waals surface area contributed by atoms with E-state index in [1.807, 2.05) is 21.1 Å². The molecule has 0 rings (SSSR count). The second-order valence-electron chi connectivity index (χ2n) is 25.9. The molecule has 0 radical (unpaired) electrons. The van der Waals surface area contributed by atoms with Crippen LogP contribution in [0.4, 0.5) is 0 Å². The number of ether oxygens (including phenoxy) is 4. The van der Waals surface area contributed by atoms with Crippen molar-refractivity contribution >= 4 is 17.9 Å². The number of esters is 2. The smallest absolute Gasteiger partial charge is 0.306 e. The molecule has 0 aromatic carbocycles. The summed E-state index contributed by atoms with van der Waals surface area (Å²) >= 11 is 0. The minimum Gasteiger partial charge on any atom is -0.545 e. The van der Waals surface area contributed by atoms with Gasteiger partial charge in [-0.05, 0) is 44.9 Å². The Bertz CT molecular complexity index is 1390. The Balaban J connectivity index is 3.98. The Morgan fingerprint density at radius 2 is 0.659 bits per heavy atom. The van der Waals surface area contributed by atoms with E-state index in [0.717, 1.165) is 51.4 Å². The first-order valence-corrected chi connectivity index (χ1v) is 36.0. The summed E-state index contributed by atoms with van der Waals surface area (Å²) in [5.41, 5.74) is 0. The Morgan fingerprint density at radius 3 is 0.963 bits per heavy atom. The van der Waals surface area contributed by atoms with Gasteiger partial charge in [-0.1, -0.05) is 334 Å². The van der Waals surface area contributed by atoms with Crippen LogP contribution >= 0.6 is 0 Å². The van der Waals surface area contributed by atoms with Crippen LogP contribution < -0.4 is 5.11 Å². The molecule has 0 fully saturated rings. The number of unbranched alkanes of at least 4 members (excludes halogenated alkanes) is 49. The van der Waals surface area contributed by atoms with Crippen molar-refractivity contribution < 1.29 is 42.9 Å². The van der Waals surface area contributed by atoms with E-state index in [2.05, 4.69) is 38.2 Å². The monoisotopic (exact) mass is 1160 g/mol. The third kappa shape index (κ3) is 65.3. The standard InChI is InChI=1S/C73H139NO8/c1-6-8-10-12-14-16-18-20-22-24-26-28-29-30-31-32-33-34-35-36-37-38-39-40-41-42-44-45-47-49-51-53-55-57-59-61-63-70(75)80-67-69(68-81-73(72(77)78)79-66-65-74(3,4)5)82-71(76)64-62-60-58-56-54-52-50-48-46-43-27-25-23-21-19-17-15-13-11-9-7-2/h19,21,25,27,69,73H,6-18,20,22-24,26,28-68H2,1-5H3/b21-19-,27-25-. The van der Waals surface area contributed by atoms with Crippen molar-refractivity contribution in [3.63, 3.8) is 0 Å². The fourth-order valence-corrected chi connectivity index (χ4v) is 10.9. The number of carboxylic acid groups (broad SMARTS) is 1. The zero-order valence-corrected chi connectivity index (χ0v) is 55.4. The summed E-state index contributed by atoms with van der Waals surface area (Å²) in [6, 6.07) is 0. The summed E-state index contributed by atoms with van der Waals surface area (Å²) in [6.45, 7) is 4.80. The summed E-state index contributed by atoms with van der Waals surface area (Å²) in [7, 11) is 5.94. The molecule has 0 amide bonds. The van der Waals surface area contributed by atoms with Crippen LogP contribution in [0.1, 0.15) is 367 Å². The number of carbonyl (C=O) groups excluding carboxylic acids is 3. The topological polar surface area (TPSA) is 111 Å². The molecular formula is C73H139NO8. The average Bonchev–Trinajstić information content (AvgIpc) is 3.47. The van der Waals surface area contributed by atoms with Gasteiger partial charge in [0.15, 0.2) is 12.4 Å². The van der Waals surface area contributed by atoms with E-state index in [-0.39, 0.29) is 32.2 Å². The molecule has 9 nitrogen and oxygen atoms in total. The van der Waals surface area contributed by atoms with Gasteiger partial charge in [0.2, 0.25) is 0 Å². The van der Waals surface area contributed by atoms with Crippen molar-refractivity contribution in [2.24, 2.45) is 0 Å². The highest BCUT2D eigenvalue weighted by atomic mass is 16.7. The molecule has 0 aromatic heterocycles. The number of hydrogen-bond acceptors (Lipinski definition) is 8. The third-order valence-corrected chi connectivity index (χ3v) is 16.5. The van der Waals surface area contributed by atoms with Gasteiger partial charge in [0.05, 0.1) is 40.3 Å². The van der Waals surface area contributed by atoms with Crippen LogP contribution in [0.3, 0.4) is 0 Å². The Kier molecular flexibility index (Phi) is 63.0. The lowest BCUT2D eigenvalue weighted by atomic mass is 10.0. The van der Waals surface area contributed by atoms with Gasteiger partial charge in [-0.2, -0.15) is 0 Å². The molecule has 82 heavy (non-hydrogen) atoms. The number of nitrogens with zero attached hydrogens (tertiary/aromatic N) is 1. The Labute approximate surface area is 509 Å². The minimum atomic E-state index is -1.62. The molecule has 484 valence electrons. The van der Waals surface area contributed by atoms with E-state index in [1.54, 1.807) is 0 Å². The summed E-state index contributed by atoms with van der Waals surface area (Å²) < 4.78 is 22.8. The molecule has 0 aliphatic heterocycles. The van der Waals surface area contributed by atoms with Crippen LogP contribution in [0.15, 0.2) is 24.3 Å². The van der Waals surface area contributed by atoms with Crippen LogP contribution in [0, 0.1) is 0 Å². The van der Waals surface area contributed by atoms with Gasteiger partial charge < -0.3 is 33.3 Å². The fourth-order valence-electron chi connectivity index (χ4n) is 10.9. The Morgan fingerprint density at radius 1 is 0.366 bits per heavy atom. The molecular weight excluding hydrogens is 1020 g/mol. The molecule has 0 bridgehead atoms. The van der Waals surface area contributed by atoms with Crippen molar-refractivity contribution in [1.29, 1.82) is 0 Å². The number of carbonyl (C=O) groups is 3. The SMILES string of the molecule is CCCCCCC/C=C\C/C=C\CCCCCCCCCCCC(=O)OC(COC(=O)CCCCCCCCCCCCCCCCCCCCCCCCCCCCCCCCCCCCCC)COC(OCC[N+](C)(C)C)C(=O)[O-]. The van der Waals surface area contributed by atoms with Gasteiger partial charge in [-0.15, -0.1) is 0 Å². The van der Waals surface area contributed by atoms with Gasteiger partial charge in [0, 0.05) is 12.8 Å². The first-order chi connectivity index (χ1) is 40.1. The van der Waals surface area contributed by atoms with Crippen LogP contribution in [-0.4, -0.2) is 82.3 Å². The summed E-state index contributed by atoms with van der Waals surface area (Å²) in [4.78, 5) is 37.4. The molecule has 2 unspecified atom stereocenters. The number of allylic oxidation sites excluding steroid dienone is 4. The maximum absolute atomic E-state index is 12.9. The van der Waals surface area contributed by atoms with Crippen molar-refractivity contribution in [1.82, 2.24) is 0 Å². The molecule has 0 heterocycles. The second kappa shape index (κ2) is 64.8. The number of likely N-dealkylation sites (N-methyl/N-ethyl adjacent to an activating group) is 1. The van der Waals surface area contributed by atoms with E-state index < -0.39 is 24.3 Å². The highest BCUT2D eigenvalue weighted by Gasteiger charge is 2.22. The lowest BCUT2D eigenvalue weighted by molar-refractivity contribution is -0.870. The lowest BCUT2D eigenvalue weighted by Crippen LogP contribution is -2.44. The molecule has 0 saturated carbocycles. The first-order valence-electron chi connectivity index (χ1n) is 36.0. The molecule has 0 aromatic rings. The molecule has 0 aliphatic carbocycles. The number of rotatable bonds is 68. The second-order valence-corrected chi connectivity index (χ2v) is 25.9. The van der Waals surface area contributed by atoms with Gasteiger partial charge in [0.25, 0.3) is 0 Å². The van der Waals surface area contributed by atoms with Gasteiger partial charge in [-0.25, -0.2) is 0 Å². The van der Waals surface area contributed by atoms with Crippen molar-refractivity contribution in [2.75, 3.05) is 47.5 Å². The average molecular weight is 1160 g/mol. The van der Waals surface area contributed by atoms with E-state index in [1.165, 1.54) is 283 Å². The van der Waals surface area contributed by atoms with Crippen LogP contribution in [-0.2, 0) is 33.3 Å². The fraction of sp³-hybridized carbons (Fsp3) is 0.904. The molecule has 0 aliphatic rings. The van der Waals surface area contributed by atoms with Gasteiger partial charge >= 0.3 is 11.9 Å². The number of hydrogen-bond donors (Lipinski definition) is 0. The van der Waals surface area contributed by atoms with Crippen LogP contribution in [0.5, 0.6) is 0 Å². The number of quaternary nitrogens is 1. The highest BCUT2D eigenvalue weighted by Crippen LogP contribution is 2.19. The molecule has 0 N–H and O–H groups in total. The van der Waals surface area contributed by atoms with Crippen molar-refractivity contribution in [3.8, 4) is 0 Å². The largest absolute Gasteiger partial charge is 0.545 e. The molecule has 0 spiro atoms. The van der Waals surface area contributed by atoms with Crippen molar-refractivity contribution in [2.45, 2.75) is 379 Å². The third-order valence-electron chi connectivity index (χ3n) is 16.5. The summed E-state index contributed by atoms with van der Waals surface area (Å²) in [5.74, 6) is -2.26. The summed E-state index contributed by atoms with van der Waals surface area (Å²) in [6.07, 6.45) is 77.1. The predicted octanol–water partition coefficient (Wildman–Crippen LogP) is 20.9. The van der Waals surface area contributed by atoms with E-state index >= 15 is 0 Å². The maximum Gasteiger partial charge on any atom is 0.306 e. The zero-order valence-electron chi connectivity index (χ0n) is 55.4. The predicted molar refractivity (Wildman–Crippen MR) is 348 cm³/mol. The number of carboxylic acids is 1. The van der Waals surface area contributed by atoms with Crippen LogP contribution in [0.2, 0.25) is 0 Å². The zero-order chi connectivity index (χ0) is 59.8. The van der Waals surface area contributed by atoms with Gasteiger partial charge in [0.1, 0.15) is 13.2 Å². The Hall–Kier alpha value is -2.23. The van der Waals surface area contributed by atoms with E-state index in [0.29, 0.717) is 23.9 Å². The minimum absolute atomic E-state index is 0.149. The van der Waals surface area contributed by atoms with Gasteiger partial charge in [-0.3, -0.25) is 9.59 Å². The lowest BCUT2D eigenvalue weighted by Gasteiger charge is -2.26. The quantitative estimate of drug-likeness (QED) is 0.0195. The normalized spacial score (nSPS) is 12.7. The van der Waals surface area contributed by atoms with Crippen LogP contribution in [0.25, 0.3) is 0 Å².